The molecular formula is C18H21N3O3S3. The molecule has 27 heavy (non-hydrogen) atoms. The molecule has 1 aliphatic rings. The summed E-state index contributed by atoms with van der Waals surface area (Å²) >= 11 is 8.20. The van der Waals surface area contributed by atoms with Crippen molar-refractivity contribution in [3.63, 3.8) is 0 Å². The van der Waals surface area contributed by atoms with Crippen molar-refractivity contribution in [1.82, 2.24) is 10.9 Å². The summed E-state index contributed by atoms with van der Waals surface area (Å²) in [6.45, 7) is 4.15. The van der Waals surface area contributed by atoms with Crippen LogP contribution in [0.4, 0.5) is 5.00 Å². The Morgan fingerprint density at radius 3 is 2.70 bits per heavy atom. The zero-order valence-electron chi connectivity index (χ0n) is 15.3. The largest absolute Gasteiger partial charge is 0.465 e. The van der Waals surface area contributed by atoms with Crippen LogP contribution in [-0.2, 0) is 17.6 Å². The first-order chi connectivity index (χ1) is 12.9. The SMILES string of the molecule is COC(=O)c1c(NC(=S)NNC(=O)c2ccc(C)s2)sc2c1CC[C@@H](C)C2. The molecular weight excluding hydrogens is 402 g/mol. The van der Waals surface area contributed by atoms with Crippen LogP contribution in [0, 0.1) is 12.8 Å². The second-order valence-electron chi connectivity index (χ2n) is 6.49. The van der Waals surface area contributed by atoms with Crippen LogP contribution in [-0.4, -0.2) is 24.1 Å². The van der Waals surface area contributed by atoms with E-state index >= 15 is 0 Å². The van der Waals surface area contributed by atoms with Crippen LogP contribution in [0.2, 0.25) is 0 Å². The van der Waals surface area contributed by atoms with E-state index < -0.39 is 0 Å². The zero-order valence-corrected chi connectivity index (χ0v) is 17.8. The molecule has 0 spiro atoms. The number of hydrogen-bond donors (Lipinski definition) is 3. The number of amides is 1. The highest BCUT2D eigenvalue weighted by Gasteiger charge is 2.28. The van der Waals surface area contributed by atoms with Crippen molar-refractivity contribution >= 4 is 56.9 Å². The van der Waals surface area contributed by atoms with E-state index in [-0.39, 0.29) is 17.0 Å². The van der Waals surface area contributed by atoms with E-state index in [4.69, 9.17) is 17.0 Å². The molecule has 1 atom stereocenters. The summed E-state index contributed by atoms with van der Waals surface area (Å²) in [5, 5.41) is 3.91. The monoisotopic (exact) mass is 423 g/mol. The lowest BCUT2D eigenvalue weighted by molar-refractivity contribution is 0.0600. The zero-order chi connectivity index (χ0) is 19.6. The Hall–Kier alpha value is -1.97. The molecule has 0 saturated carbocycles. The Morgan fingerprint density at radius 1 is 1.26 bits per heavy atom. The number of thiophene rings is 2. The lowest BCUT2D eigenvalue weighted by Crippen LogP contribution is -2.43. The standard InChI is InChI=1S/C18H21N3O3S3/c1-9-4-6-11-13(8-9)27-16(14(11)17(23)24-3)19-18(25)21-20-15(22)12-7-5-10(2)26-12/h5,7,9H,4,6,8H2,1-3H3,(H,20,22)(H2,19,21,25)/t9-/m1/s1. The number of esters is 1. The Labute approximate surface area is 171 Å². The maximum Gasteiger partial charge on any atom is 0.341 e. The van der Waals surface area contributed by atoms with Gasteiger partial charge in [0.25, 0.3) is 5.91 Å². The molecule has 0 unspecified atom stereocenters. The molecule has 2 aromatic rings. The van der Waals surface area contributed by atoms with E-state index in [1.165, 1.54) is 34.7 Å². The molecule has 0 fully saturated rings. The number of rotatable bonds is 3. The minimum Gasteiger partial charge on any atom is -0.465 e. The third-order valence-electron chi connectivity index (χ3n) is 4.38. The molecule has 2 heterocycles. The van der Waals surface area contributed by atoms with Gasteiger partial charge >= 0.3 is 5.97 Å². The number of aryl methyl sites for hydroxylation is 1. The summed E-state index contributed by atoms with van der Waals surface area (Å²) in [6, 6.07) is 3.65. The molecule has 6 nitrogen and oxygen atoms in total. The van der Waals surface area contributed by atoms with Crippen LogP contribution in [0.25, 0.3) is 0 Å². The smallest absolute Gasteiger partial charge is 0.341 e. The molecule has 9 heteroatoms. The Kier molecular flexibility index (Phi) is 6.13. The van der Waals surface area contributed by atoms with Crippen LogP contribution in [0.15, 0.2) is 12.1 Å². The fourth-order valence-corrected chi connectivity index (χ4v) is 5.41. The third-order valence-corrected chi connectivity index (χ3v) is 6.76. The predicted molar refractivity (Wildman–Crippen MR) is 113 cm³/mol. The normalized spacial score (nSPS) is 15.6. The maximum absolute atomic E-state index is 12.3. The van der Waals surface area contributed by atoms with Gasteiger partial charge in [-0.25, -0.2) is 4.79 Å². The number of carbonyl (C=O) groups excluding carboxylic acids is 2. The van der Waals surface area contributed by atoms with E-state index in [1.807, 2.05) is 13.0 Å². The van der Waals surface area contributed by atoms with Crippen LogP contribution in [0.3, 0.4) is 0 Å². The number of methoxy groups -OCH3 is 1. The van der Waals surface area contributed by atoms with Gasteiger partial charge in [0.2, 0.25) is 0 Å². The van der Waals surface area contributed by atoms with E-state index in [0.717, 1.165) is 29.7 Å². The molecule has 1 aliphatic carbocycles. The molecule has 0 radical (unpaired) electrons. The number of hydrogen-bond acceptors (Lipinski definition) is 6. The van der Waals surface area contributed by atoms with Gasteiger partial charge in [0, 0.05) is 9.75 Å². The average Bonchev–Trinajstić information content (AvgIpc) is 3.22. The number of hydrazine groups is 1. The Balaban J connectivity index is 1.70. The van der Waals surface area contributed by atoms with Crippen molar-refractivity contribution in [2.45, 2.75) is 33.1 Å². The second-order valence-corrected chi connectivity index (χ2v) is 9.29. The van der Waals surface area contributed by atoms with Crippen molar-refractivity contribution in [2.75, 3.05) is 12.4 Å². The first-order valence-electron chi connectivity index (χ1n) is 8.55. The summed E-state index contributed by atoms with van der Waals surface area (Å²) in [5.74, 6) is -0.0386. The van der Waals surface area contributed by atoms with Crippen LogP contribution in [0.5, 0.6) is 0 Å². The van der Waals surface area contributed by atoms with E-state index in [0.29, 0.717) is 21.4 Å². The molecule has 3 N–H and O–H groups in total. The minimum atomic E-state index is -0.370. The van der Waals surface area contributed by atoms with Crippen LogP contribution < -0.4 is 16.2 Å². The number of carbonyl (C=O) groups is 2. The van der Waals surface area contributed by atoms with Gasteiger partial charge in [-0.1, -0.05) is 6.92 Å². The van der Waals surface area contributed by atoms with Gasteiger partial charge < -0.3 is 10.1 Å². The van der Waals surface area contributed by atoms with Crippen LogP contribution in [0.1, 0.15) is 48.7 Å². The number of thiocarbonyl (C=S) groups is 1. The first-order valence-corrected chi connectivity index (χ1v) is 10.6. The summed E-state index contributed by atoms with van der Waals surface area (Å²) in [4.78, 5) is 27.3. The van der Waals surface area contributed by atoms with E-state index in [1.54, 1.807) is 6.07 Å². The minimum absolute atomic E-state index is 0.216. The van der Waals surface area contributed by atoms with Gasteiger partial charge in [-0.15, -0.1) is 22.7 Å². The molecule has 144 valence electrons. The van der Waals surface area contributed by atoms with E-state index in [9.17, 15) is 9.59 Å². The quantitative estimate of drug-likeness (QED) is 0.397. The van der Waals surface area contributed by atoms with Crippen LogP contribution >= 0.6 is 34.9 Å². The van der Waals surface area contributed by atoms with Crippen molar-refractivity contribution in [3.05, 3.63) is 37.9 Å². The topological polar surface area (TPSA) is 79.5 Å². The lowest BCUT2D eigenvalue weighted by atomic mass is 9.88. The predicted octanol–water partition coefficient (Wildman–Crippen LogP) is 3.66. The van der Waals surface area contributed by atoms with Gasteiger partial charge in [0.15, 0.2) is 5.11 Å². The molecule has 2 aromatic heterocycles. The summed E-state index contributed by atoms with van der Waals surface area (Å²) in [5.41, 5.74) is 6.86. The fourth-order valence-electron chi connectivity index (χ4n) is 3.02. The molecule has 0 aromatic carbocycles. The van der Waals surface area contributed by atoms with Crippen molar-refractivity contribution in [3.8, 4) is 0 Å². The molecule has 0 saturated heterocycles. The van der Waals surface area contributed by atoms with Crippen molar-refractivity contribution in [1.29, 1.82) is 0 Å². The van der Waals surface area contributed by atoms with Gasteiger partial charge in [0.1, 0.15) is 5.00 Å². The van der Waals surface area contributed by atoms with Gasteiger partial charge in [0.05, 0.1) is 17.6 Å². The van der Waals surface area contributed by atoms with E-state index in [2.05, 4.69) is 23.1 Å². The molecule has 1 amide bonds. The Morgan fingerprint density at radius 2 is 2.04 bits per heavy atom. The fraction of sp³-hybridized carbons (Fsp3) is 0.389. The highest BCUT2D eigenvalue weighted by atomic mass is 32.1. The maximum atomic E-state index is 12.3. The molecule has 0 bridgehead atoms. The lowest BCUT2D eigenvalue weighted by Gasteiger charge is -2.18. The van der Waals surface area contributed by atoms with Crippen molar-refractivity contribution < 1.29 is 14.3 Å². The highest BCUT2D eigenvalue weighted by Crippen LogP contribution is 2.39. The van der Waals surface area contributed by atoms with Gasteiger partial charge in [-0.2, -0.15) is 0 Å². The number of fused-ring (bicyclic) bond motifs is 1. The average molecular weight is 424 g/mol. The summed E-state index contributed by atoms with van der Waals surface area (Å²) < 4.78 is 4.96. The summed E-state index contributed by atoms with van der Waals surface area (Å²) in [7, 11) is 1.38. The second kappa shape index (κ2) is 8.37. The highest BCUT2D eigenvalue weighted by molar-refractivity contribution is 7.80. The summed E-state index contributed by atoms with van der Waals surface area (Å²) in [6.07, 6.45) is 2.85. The number of anilines is 1. The van der Waals surface area contributed by atoms with Crippen molar-refractivity contribution in [2.24, 2.45) is 5.92 Å². The number of ether oxygens (including phenoxy) is 1. The van der Waals surface area contributed by atoms with Gasteiger partial charge in [-0.05, 0) is 62.0 Å². The third kappa shape index (κ3) is 4.48. The first kappa shape index (κ1) is 19.8. The molecule has 3 rings (SSSR count). The Bertz CT molecular complexity index is 888. The van der Waals surface area contributed by atoms with Gasteiger partial charge in [-0.3, -0.25) is 15.6 Å². The molecule has 0 aliphatic heterocycles. The number of nitrogens with one attached hydrogen (secondary N) is 3.